The summed E-state index contributed by atoms with van der Waals surface area (Å²) in [5.41, 5.74) is 1.51. The Kier molecular flexibility index (Phi) is 6.61. The maximum Gasteiger partial charge on any atom is 0.325 e. The molecule has 0 fully saturated rings. The summed E-state index contributed by atoms with van der Waals surface area (Å²) in [5, 5.41) is 8.24. The second kappa shape index (κ2) is 9.92. The lowest BCUT2D eigenvalue weighted by Gasteiger charge is -2.07. The predicted molar refractivity (Wildman–Crippen MR) is 127 cm³/mol. The molecule has 4 rings (SSSR count). The number of hydrogen-bond donors (Lipinski definition) is 3. The molecule has 33 heavy (non-hydrogen) atoms. The molecule has 1 heterocycles. The summed E-state index contributed by atoms with van der Waals surface area (Å²) in [6.45, 7) is 1.69. The van der Waals surface area contributed by atoms with E-state index in [0.29, 0.717) is 27.7 Å². The summed E-state index contributed by atoms with van der Waals surface area (Å²) in [7, 11) is 0. The number of carbonyl (C=O) groups excluding carboxylic acids is 2. The van der Waals surface area contributed by atoms with Crippen molar-refractivity contribution in [2.45, 2.75) is 6.92 Å². The summed E-state index contributed by atoms with van der Waals surface area (Å²) >= 11 is 1.05. The number of rotatable bonds is 6. The zero-order valence-corrected chi connectivity index (χ0v) is 18.3. The van der Waals surface area contributed by atoms with Gasteiger partial charge >= 0.3 is 6.03 Å². The molecule has 0 radical (unpaired) electrons. The first-order chi connectivity index (χ1) is 16.0. The molecule has 166 valence electrons. The molecular formula is C24H19FN4O3S. The van der Waals surface area contributed by atoms with E-state index in [1.54, 1.807) is 31.2 Å². The number of nitrogens with zero attached hydrogens (tertiary/aromatic N) is 1. The Morgan fingerprint density at radius 2 is 1.42 bits per heavy atom. The van der Waals surface area contributed by atoms with Gasteiger partial charge in [0.15, 0.2) is 5.13 Å². The Balaban J connectivity index is 1.35. The first-order valence-corrected chi connectivity index (χ1v) is 10.7. The monoisotopic (exact) mass is 462 g/mol. The lowest BCUT2D eigenvalue weighted by Crippen LogP contribution is -2.19. The van der Waals surface area contributed by atoms with Gasteiger partial charge in [-0.25, -0.2) is 14.2 Å². The van der Waals surface area contributed by atoms with E-state index in [2.05, 4.69) is 20.9 Å². The van der Waals surface area contributed by atoms with Crippen LogP contribution in [0.4, 0.5) is 25.7 Å². The van der Waals surface area contributed by atoms with Crippen LogP contribution in [0.3, 0.4) is 0 Å². The number of nitrogens with one attached hydrogen (secondary N) is 3. The van der Waals surface area contributed by atoms with Gasteiger partial charge in [-0.1, -0.05) is 29.5 Å². The molecule has 0 spiro atoms. The van der Waals surface area contributed by atoms with Crippen LogP contribution in [-0.4, -0.2) is 16.9 Å². The predicted octanol–water partition coefficient (Wildman–Crippen LogP) is 6.28. The zero-order valence-electron chi connectivity index (χ0n) is 17.5. The van der Waals surface area contributed by atoms with Crippen LogP contribution in [0.2, 0.25) is 0 Å². The van der Waals surface area contributed by atoms with Gasteiger partial charge < -0.3 is 15.4 Å². The quantitative estimate of drug-likeness (QED) is 0.314. The highest BCUT2D eigenvalue weighted by Gasteiger charge is 2.17. The van der Waals surface area contributed by atoms with E-state index in [0.717, 1.165) is 17.1 Å². The number of aromatic nitrogens is 1. The van der Waals surface area contributed by atoms with Gasteiger partial charge in [-0.2, -0.15) is 0 Å². The van der Waals surface area contributed by atoms with E-state index in [4.69, 9.17) is 4.74 Å². The maximum atomic E-state index is 13.0. The summed E-state index contributed by atoms with van der Waals surface area (Å²) in [6, 6.07) is 21.2. The van der Waals surface area contributed by atoms with Gasteiger partial charge in [-0.3, -0.25) is 10.1 Å². The molecule has 0 saturated carbocycles. The third-order valence-corrected chi connectivity index (χ3v) is 5.49. The zero-order chi connectivity index (χ0) is 23.2. The number of hydrogen-bond acceptors (Lipinski definition) is 5. The van der Waals surface area contributed by atoms with Gasteiger partial charge in [0, 0.05) is 11.4 Å². The van der Waals surface area contributed by atoms with Crippen molar-refractivity contribution in [3.63, 3.8) is 0 Å². The molecule has 7 nitrogen and oxygen atoms in total. The highest BCUT2D eigenvalue weighted by atomic mass is 32.1. The molecule has 0 saturated heterocycles. The molecule has 0 bridgehead atoms. The lowest BCUT2D eigenvalue weighted by molar-refractivity contribution is 0.102. The highest BCUT2D eigenvalue weighted by molar-refractivity contribution is 7.17. The second-order valence-corrected chi connectivity index (χ2v) is 7.91. The molecule has 3 aromatic carbocycles. The smallest absolute Gasteiger partial charge is 0.325 e. The average molecular weight is 463 g/mol. The van der Waals surface area contributed by atoms with Crippen LogP contribution < -0.4 is 20.7 Å². The van der Waals surface area contributed by atoms with E-state index >= 15 is 0 Å². The van der Waals surface area contributed by atoms with Crippen molar-refractivity contribution < 1.29 is 18.7 Å². The van der Waals surface area contributed by atoms with Crippen LogP contribution in [0.15, 0.2) is 78.9 Å². The van der Waals surface area contributed by atoms with E-state index in [1.165, 1.54) is 24.3 Å². The van der Waals surface area contributed by atoms with Crippen LogP contribution >= 0.6 is 11.3 Å². The van der Waals surface area contributed by atoms with Crippen molar-refractivity contribution in [2.24, 2.45) is 0 Å². The lowest BCUT2D eigenvalue weighted by atomic mass is 10.3. The minimum absolute atomic E-state index is 0.267. The average Bonchev–Trinajstić information content (AvgIpc) is 3.17. The SMILES string of the molecule is Cc1nc(NC(=O)Nc2ccc(F)cc2)sc1C(=O)Nc1ccc(Oc2ccccc2)cc1. The molecule has 0 atom stereocenters. The third-order valence-electron chi connectivity index (χ3n) is 4.42. The number of amides is 3. The van der Waals surface area contributed by atoms with E-state index in [1.807, 2.05) is 30.3 Å². The maximum absolute atomic E-state index is 13.0. The van der Waals surface area contributed by atoms with E-state index in [-0.39, 0.29) is 11.0 Å². The van der Waals surface area contributed by atoms with Crippen LogP contribution in [0.1, 0.15) is 15.4 Å². The molecule has 3 amide bonds. The molecule has 9 heteroatoms. The highest BCUT2D eigenvalue weighted by Crippen LogP contribution is 2.26. The molecule has 4 aromatic rings. The number of thiazole rings is 1. The molecule has 1 aromatic heterocycles. The number of aryl methyl sites for hydroxylation is 1. The van der Waals surface area contributed by atoms with Gasteiger partial charge in [-0.05, 0) is 67.6 Å². The largest absolute Gasteiger partial charge is 0.457 e. The summed E-state index contributed by atoms with van der Waals surface area (Å²) in [4.78, 5) is 29.5. The van der Waals surface area contributed by atoms with Crippen molar-refractivity contribution in [2.75, 3.05) is 16.0 Å². The van der Waals surface area contributed by atoms with Gasteiger partial charge in [0.2, 0.25) is 0 Å². The normalized spacial score (nSPS) is 10.4. The summed E-state index contributed by atoms with van der Waals surface area (Å²) in [5.74, 6) is 0.629. The molecule has 0 unspecified atom stereocenters. The van der Waals surface area contributed by atoms with Crippen molar-refractivity contribution in [1.29, 1.82) is 0 Å². The van der Waals surface area contributed by atoms with Gasteiger partial charge in [0.25, 0.3) is 5.91 Å². The van der Waals surface area contributed by atoms with Crippen molar-refractivity contribution in [3.05, 3.63) is 95.3 Å². The second-order valence-electron chi connectivity index (χ2n) is 6.91. The summed E-state index contributed by atoms with van der Waals surface area (Å²) < 4.78 is 18.7. The molecule has 0 aliphatic heterocycles. The Labute approximate surface area is 193 Å². The van der Waals surface area contributed by atoms with Crippen molar-refractivity contribution in [3.8, 4) is 11.5 Å². The minimum Gasteiger partial charge on any atom is -0.457 e. The first kappa shape index (κ1) is 22.0. The van der Waals surface area contributed by atoms with Gasteiger partial charge in [0.1, 0.15) is 22.2 Å². The fourth-order valence-corrected chi connectivity index (χ4v) is 3.73. The number of carbonyl (C=O) groups is 2. The Morgan fingerprint density at radius 1 is 0.818 bits per heavy atom. The standard InChI is InChI=1S/C24H19FN4O3S/c1-15-21(33-24(26-15)29-23(31)28-18-9-7-16(25)8-10-18)22(30)27-17-11-13-20(14-12-17)32-19-5-3-2-4-6-19/h2-14H,1H3,(H,27,30)(H2,26,28,29,31). The van der Waals surface area contributed by atoms with Crippen LogP contribution in [0.25, 0.3) is 0 Å². The van der Waals surface area contributed by atoms with Crippen molar-refractivity contribution >= 4 is 39.8 Å². The molecule has 0 aliphatic rings. The molecule has 3 N–H and O–H groups in total. The minimum atomic E-state index is -0.545. The fourth-order valence-electron chi connectivity index (χ4n) is 2.87. The molecule has 0 aliphatic carbocycles. The number of urea groups is 1. The fraction of sp³-hybridized carbons (Fsp3) is 0.0417. The molecular weight excluding hydrogens is 443 g/mol. The Hall–Kier alpha value is -4.24. The van der Waals surface area contributed by atoms with Crippen LogP contribution in [0, 0.1) is 12.7 Å². The van der Waals surface area contributed by atoms with E-state index in [9.17, 15) is 14.0 Å². The number of para-hydroxylation sites is 1. The van der Waals surface area contributed by atoms with Crippen LogP contribution in [0.5, 0.6) is 11.5 Å². The number of halogens is 1. The number of ether oxygens (including phenoxy) is 1. The number of anilines is 3. The third kappa shape index (κ3) is 5.92. The van der Waals surface area contributed by atoms with Gasteiger partial charge in [-0.15, -0.1) is 0 Å². The first-order valence-electron chi connectivity index (χ1n) is 9.91. The van der Waals surface area contributed by atoms with Crippen LogP contribution in [-0.2, 0) is 0 Å². The van der Waals surface area contributed by atoms with E-state index < -0.39 is 11.8 Å². The Morgan fingerprint density at radius 3 is 2.12 bits per heavy atom. The summed E-state index contributed by atoms with van der Waals surface area (Å²) in [6.07, 6.45) is 0. The van der Waals surface area contributed by atoms with Gasteiger partial charge in [0.05, 0.1) is 5.69 Å². The van der Waals surface area contributed by atoms with Crippen molar-refractivity contribution in [1.82, 2.24) is 4.98 Å². The number of benzene rings is 3. The Bertz CT molecular complexity index is 1260. The topological polar surface area (TPSA) is 92.4 Å².